The number of ether oxygens (including phenoxy) is 2. The van der Waals surface area contributed by atoms with Crippen molar-refractivity contribution in [2.24, 2.45) is 0 Å². The number of nitrogens with one attached hydrogen (secondary N) is 2. The van der Waals surface area contributed by atoms with Crippen molar-refractivity contribution in [3.05, 3.63) is 135 Å². The Kier molecular flexibility index (Phi) is 9.78. The lowest BCUT2D eigenvalue weighted by Gasteiger charge is -2.28. The highest BCUT2D eigenvalue weighted by Crippen LogP contribution is 2.42. The molecule has 0 saturated carbocycles. The molecule has 2 N–H and O–H groups in total. The van der Waals surface area contributed by atoms with Crippen molar-refractivity contribution in [3.63, 3.8) is 0 Å². The lowest BCUT2D eigenvalue weighted by Crippen LogP contribution is -2.39. The van der Waals surface area contributed by atoms with Gasteiger partial charge >= 0.3 is 0 Å². The number of nitrogens with zero attached hydrogens (tertiary/aromatic N) is 7. The summed E-state index contributed by atoms with van der Waals surface area (Å²) in [7, 11) is 0. The van der Waals surface area contributed by atoms with E-state index in [2.05, 4.69) is 90.4 Å². The molecule has 0 radical (unpaired) electrons. The van der Waals surface area contributed by atoms with Crippen LogP contribution >= 0.6 is 22.7 Å². The number of aryl methyl sites for hydroxylation is 1. The number of benzene rings is 2. The van der Waals surface area contributed by atoms with Gasteiger partial charge in [-0.3, -0.25) is 19.6 Å². The van der Waals surface area contributed by atoms with Gasteiger partial charge in [0.05, 0.1) is 63.6 Å². The normalized spacial score (nSPS) is 14.6. The monoisotopic (exact) mass is 893 g/mol. The molecule has 0 aliphatic carbocycles. The van der Waals surface area contributed by atoms with Crippen molar-refractivity contribution < 1.29 is 9.47 Å². The number of rotatable bonds is 7. The number of hydrogen-bond donors (Lipinski definition) is 2. The van der Waals surface area contributed by atoms with Crippen LogP contribution in [-0.2, 0) is 9.47 Å². The van der Waals surface area contributed by atoms with Gasteiger partial charge in [-0.2, -0.15) is 0 Å². The molecule has 15 heteroatoms. The molecule has 2 aromatic carbocycles. The molecule has 320 valence electrons. The van der Waals surface area contributed by atoms with Gasteiger partial charge in [0.25, 0.3) is 11.1 Å². The largest absolute Gasteiger partial charge is 0.378 e. The van der Waals surface area contributed by atoms with Crippen molar-refractivity contribution >= 4 is 77.9 Å². The third-order valence-electron chi connectivity index (χ3n) is 12.2. The number of H-pyrrole nitrogens is 2. The van der Waals surface area contributed by atoms with Crippen LogP contribution in [0.15, 0.2) is 119 Å². The van der Waals surface area contributed by atoms with Gasteiger partial charge in [-0.25, -0.2) is 15.0 Å². The Bertz CT molecular complexity index is 3630. The van der Waals surface area contributed by atoms with Gasteiger partial charge in [0.1, 0.15) is 22.7 Å². The molecule has 0 spiro atoms. The lowest BCUT2D eigenvalue weighted by atomic mass is 9.99. The third kappa shape index (κ3) is 7.31. The van der Waals surface area contributed by atoms with Crippen LogP contribution in [0.1, 0.15) is 5.01 Å². The highest BCUT2D eigenvalue weighted by molar-refractivity contribution is 7.18. The standard InChI is InChI=1S/C50H39N9O4S2/c1-28-52-27-44(64-28)46-37(23-34-25-41(50(61)57-48(34)55-46)59-13-17-63-18-14-59)30-5-7-39-32(20-30)21-35(26-53-39)42-8-9-43(65-42)45-36(29-4-6-38-31(19-29)3-2-10-51-38)22-33-24-40(49(60)56-47(33)54-45)58-11-15-62-16-12-58/h2-10,19-27H,11-18H2,1H3,(H,54,56,60)(H,55,57,61). The van der Waals surface area contributed by atoms with E-state index in [1.807, 2.05) is 49.6 Å². The predicted octanol–water partition coefficient (Wildman–Crippen LogP) is 9.09. The summed E-state index contributed by atoms with van der Waals surface area (Å²) in [6.07, 6.45) is 5.57. The highest BCUT2D eigenvalue weighted by Gasteiger charge is 2.22. The van der Waals surface area contributed by atoms with Crippen molar-refractivity contribution in [3.8, 4) is 53.8 Å². The first-order valence-corrected chi connectivity index (χ1v) is 23.1. The minimum atomic E-state index is -0.169. The predicted molar refractivity (Wildman–Crippen MR) is 260 cm³/mol. The number of aromatic nitrogens is 7. The summed E-state index contributed by atoms with van der Waals surface area (Å²) in [5, 5.41) is 4.62. The van der Waals surface area contributed by atoms with Crippen molar-refractivity contribution in [1.82, 2.24) is 34.9 Å². The number of aromatic amines is 2. The number of hydrogen-bond acceptors (Lipinski definition) is 13. The van der Waals surface area contributed by atoms with Crippen LogP contribution in [0.2, 0.25) is 0 Å². The fraction of sp³-hybridized carbons (Fsp3) is 0.180. The Hall–Kier alpha value is -7.17. The molecule has 65 heavy (non-hydrogen) atoms. The maximum atomic E-state index is 13.5. The summed E-state index contributed by atoms with van der Waals surface area (Å²) < 4.78 is 11.1. The summed E-state index contributed by atoms with van der Waals surface area (Å²) in [6.45, 7) is 6.90. The van der Waals surface area contributed by atoms with Gasteiger partial charge in [-0.1, -0.05) is 18.2 Å². The van der Waals surface area contributed by atoms with E-state index in [-0.39, 0.29) is 11.1 Å². The molecule has 2 aliphatic rings. The van der Waals surface area contributed by atoms with E-state index in [0.29, 0.717) is 75.3 Å². The second kappa shape index (κ2) is 16.1. The summed E-state index contributed by atoms with van der Waals surface area (Å²) in [6, 6.07) is 31.1. The second-order valence-electron chi connectivity index (χ2n) is 16.3. The first-order chi connectivity index (χ1) is 31.9. The fourth-order valence-corrected chi connectivity index (χ4v) is 10.7. The van der Waals surface area contributed by atoms with Crippen LogP contribution in [0.3, 0.4) is 0 Å². The molecule has 0 atom stereocenters. The first kappa shape index (κ1) is 39.4. The zero-order valence-corrected chi connectivity index (χ0v) is 36.8. The molecule has 2 saturated heterocycles. The zero-order chi connectivity index (χ0) is 43.6. The first-order valence-electron chi connectivity index (χ1n) is 21.5. The van der Waals surface area contributed by atoms with Gasteiger partial charge in [0.15, 0.2) is 0 Å². The molecule has 0 bridgehead atoms. The van der Waals surface area contributed by atoms with E-state index < -0.39 is 0 Å². The highest BCUT2D eigenvalue weighted by atomic mass is 32.1. The summed E-state index contributed by atoms with van der Waals surface area (Å²) >= 11 is 3.20. The van der Waals surface area contributed by atoms with Crippen molar-refractivity contribution in [2.45, 2.75) is 6.92 Å². The SMILES string of the molecule is Cc1ncc(-c2nc3[nH]c(=O)c(N4CCOCC4)cc3cc2-c2ccc3ncc(-c4ccc(-c5nc6[nH]c(=O)c(N7CCOCC7)cc6cc5-c5ccc6ncccc6c5)s4)cc3c2)s1. The summed E-state index contributed by atoms with van der Waals surface area (Å²) in [5.41, 5.74) is 10.1. The van der Waals surface area contributed by atoms with Crippen LogP contribution in [0.4, 0.5) is 11.4 Å². The Balaban J connectivity index is 0.952. The van der Waals surface area contributed by atoms with Crippen molar-refractivity contribution in [1.29, 1.82) is 0 Å². The number of anilines is 2. The maximum Gasteiger partial charge on any atom is 0.273 e. The Morgan fingerprint density at radius 3 is 1.72 bits per heavy atom. The molecule has 10 heterocycles. The van der Waals surface area contributed by atoms with Gasteiger partial charge in [-0.15, -0.1) is 22.7 Å². The molecule has 0 amide bonds. The molecule has 8 aromatic heterocycles. The van der Waals surface area contributed by atoms with Gasteiger partial charge < -0.3 is 29.2 Å². The van der Waals surface area contributed by atoms with E-state index in [9.17, 15) is 9.59 Å². The van der Waals surface area contributed by atoms with Crippen LogP contribution in [0.5, 0.6) is 0 Å². The Morgan fingerprint density at radius 1 is 0.538 bits per heavy atom. The Labute approximate surface area is 379 Å². The number of thiazole rings is 1. The van der Waals surface area contributed by atoms with Gasteiger partial charge in [0, 0.05) is 87.9 Å². The maximum absolute atomic E-state index is 13.5. The summed E-state index contributed by atoms with van der Waals surface area (Å²) in [4.78, 5) is 64.4. The fourth-order valence-electron chi connectivity index (χ4n) is 8.91. The average molecular weight is 894 g/mol. The van der Waals surface area contributed by atoms with Gasteiger partial charge in [-0.05, 0) is 90.8 Å². The molecular weight excluding hydrogens is 855 g/mol. The zero-order valence-electron chi connectivity index (χ0n) is 35.1. The second-order valence-corrected chi connectivity index (χ2v) is 18.6. The van der Waals surface area contributed by atoms with E-state index >= 15 is 0 Å². The quantitative estimate of drug-likeness (QED) is 0.157. The molecular formula is C50H39N9O4S2. The van der Waals surface area contributed by atoms with Crippen LogP contribution in [0, 0.1) is 6.92 Å². The summed E-state index contributed by atoms with van der Waals surface area (Å²) in [5.74, 6) is 0. The molecule has 0 unspecified atom stereocenters. The molecule has 2 aliphatic heterocycles. The van der Waals surface area contributed by atoms with Crippen molar-refractivity contribution in [2.75, 3.05) is 62.4 Å². The minimum absolute atomic E-state index is 0.168. The number of pyridine rings is 6. The van der Waals surface area contributed by atoms with E-state index in [4.69, 9.17) is 24.4 Å². The van der Waals surface area contributed by atoms with E-state index in [0.717, 1.165) is 91.4 Å². The molecule has 12 rings (SSSR count). The Morgan fingerprint density at radius 2 is 1.11 bits per heavy atom. The topological polar surface area (TPSA) is 155 Å². The smallest absolute Gasteiger partial charge is 0.273 e. The van der Waals surface area contributed by atoms with Crippen LogP contribution < -0.4 is 20.9 Å². The molecule has 10 aromatic rings. The van der Waals surface area contributed by atoms with Crippen LogP contribution in [0.25, 0.3) is 97.7 Å². The number of fused-ring (bicyclic) bond motifs is 4. The van der Waals surface area contributed by atoms with Gasteiger partial charge in [0.2, 0.25) is 0 Å². The molecule has 13 nitrogen and oxygen atoms in total. The van der Waals surface area contributed by atoms with E-state index in [1.165, 1.54) is 0 Å². The third-order valence-corrected chi connectivity index (χ3v) is 14.3. The number of morpholine rings is 2. The number of thiophene rings is 1. The van der Waals surface area contributed by atoms with Crippen LogP contribution in [-0.4, -0.2) is 87.5 Å². The molecule has 2 fully saturated rings. The lowest BCUT2D eigenvalue weighted by molar-refractivity contribution is 0.122. The minimum Gasteiger partial charge on any atom is -0.378 e. The van der Waals surface area contributed by atoms with E-state index in [1.54, 1.807) is 28.9 Å². The average Bonchev–Trinajstić information content (AvgIpc) is 4.03.